The third-order valence-corrected chi connectivity index (χ3v) is 2.66. The Hall–Kier alpha value is -2.75. The van der Waals surface area contributed by atoms with E-state index in [-0.39, 0.29) is 22.8 Å². The molecule has 0 unspecified atom stereocenters. The normalized spacial score (nSPS) is 11.9. The largest absolute Gasteiger partial charge is 0.508 e. The standard InChI is InChI=1S/C16H14O4/c1-11(9-13-3-2-8-20-13)4-7-15(18)14-6-5-12(17)10-16(14)19/h2-10,17,19H,1H3/b7-4+,11-9+. The van der Waals surface area contributed by atoms with Gasteiger partial charge in [-0.25, -0.2) is 0 Å². The van der Waals surface area contributed by atoms with Crippen LogP contribution < -0.4 is 0 Å². The van der Waals surface area contributed by atoms with Crippen molar-refractivity contribution in [2.45, 2.75) is 6.92 Å². The minimum Gasteiger partial charge on any atom is -0.508 e. The highest BCUT2D eigenvalue weighted by Crippen LogP contribution is 2.23. The minimum absolute atomic E-state index is 0.0862. The number of phenols is 2. The number of allylic oxidation sites excluding steroid dienone is 3. The van der Waals surface area contributed by atoms with Crippen molar-refractivity contribution >= 4 is 11.9 Å². The molecule has 102 valence electrons. The average molecular weight is 270 g/mol. The lowest BCUT2D eigenvalue weighted by atomic mass is 10.1. The van der Waals surface area contributed by atoms with Crippen LogP contribution in [0.25, 0.3) is 6.08 Å². The highest BCUT2D eigenvalue weighted by Gasteiger charge is 2.08. The van der Waals surface area contributed by atoms with Crippen molar-refractivity contribution in [3.63, 3.8) is 0 Å². The van der Waals surface area contributed by atoms with E-state index in [0.717, 1.165) is 11.6 Å². The number of ketones is 1. The van der Waals surface area contributed by atoms with Crippen molar-refractivity contribution in [3.05, 3.63) is 65.6 Å². The van der Waals surface area contributed by atoms with Crippen LogP contribution in [-0.2, 0) is 0 Å². The van der Waals surface area contributed by atoms with Gasteiger partial charge in [0.25, 0.3) is 0 Å². The lowest BCUT2D eigenvalue weighted by molar-refractivity contribution is 0.104. The van der Waals surface area contributed by atoms with Gasteiger partial charge in [-0.05, 0) is 48.9 Å². The maximum absolute atomic E-state index is 11.9. The number of phenolic OH excluding ortho intramolecular Hbond substituents is 2. The molecule has 1 heterocycles. The molecule has 4 heteroatoms. The maximum atomic E-state index is 11.9. The van der Waals surface area contributed by atoms with Gasteiger partial charge in [0.1, 0.15) is 17.3 Å². The van der Waals surface area contributed by atoms with Crippen LogP contribution in [0.4, 0.5) is 0 Å². The molecule has 0 saturated heterocycles. The van der Waals surface area contributed by atoms with Crippen molar-refractivity contribution < 1.29 is 19.4 Å². The maximum Gasteiger partial charge on any atom is 0.189 e. The van der Waals surface area contributed by atoms with Crippen LogP contribution >= 0.6 is 0 Å². The van der Waals surface area contributed by atoms with Gasteiger partial charge >= 0.3 is 0 Å². The lowest BCUT2D eigenvalue weighted by Crippen LogP contribution is -1.94. The zero-order chi connectivity index (χ0) is 14.5. The minimum atomic E-state index is -0.338. The third kappa shape index (κ3) is 3.38. The molecule has 0 aliphatic heterocycles. The van der Waals surface area contributed by atoms with Crippen molar-refractivity contribution in [3.8, 4) is 11.5 Å². The topological polar surface area (TPSA) is 70.7 Å². The summed E-state index contributed by atoms with van der Waals surface area (Å²) in [4.78, 5) is 11.9. The highest BCUT2D eigenvalue weighted by atomic mass is 16.3. The number of furan rings is 1. The second-order valence-corrected chi connectivity index (χ2v) is 4.30. The second-order valence-electron chi connectivity index (χ2n) is 4.30. The smallest absolute Gasteiger partial charge is 0.189 e. The number of hydrogen-bond acceptors (Lipinski definition) is 4. The Labute approximate surface area is 116 Å². The van der Waals surface area contributed by atoms with Gasteiger partial charge in [-0.2, -0.15) is 0 Å². The Morgan fingerprint density at radius 3 is 2.65 bits per heavy atom. The molecule has 2 N–H and O–H groups in total. The summed E-state index contributed by atoms with van der Waals surface area (Å²) in [6.07, 6.45) is 6.36. The summed E-state index contributed by atoms with van der Waals surface area (Å²) in [6, 6.07) is 7.45. The summed E-state index contributed by atoms with van der Waals surface area (Å²) in [5.74, 6) is 0.0333. The second kappa shape index (κ2) is 5.93. The number of carbonyl (C=O) groups excluding carboxylic acids is 1. The summed E-state index contributed by atoms with van der Waals surface area (Å²) < 4.78 is 5.16. The Morgan fingerprint density at radius 1 is 1.20 bits per heavy atom. The summed E-state index contributed by atoms with van der Waals surface area (Å²) in [6.45, 7) is 1.84. The van der Waals surface area contributed by atoms with E-state index in [1.54, 1.807) is 24.5 Å². The molecule has 0 bridgehead atoms. The molecule has 0 radical (unpaired) electrons. The Bertz CT molecular complexity index is 664. The highest BCUT2D eigenvalue weighted by molar-refractivity contribution is 6.06. The van der Waals surface area contributed by atoms with Crippen molar-refractivity contribution in [2.75, 3.05) is 0 Å². The Kier molecular flexibility index (Phi) is 4.05. The molecular weight excluding hydrogens is 256 g/mol. The molecule has 0 aliphatic carbocycles. The van der Waals surface area contributed by atoms with Crippen molar-refractivity contribution in [1.82, 2.24) is 0 Å². The van der Waals surface area contributed by atoms with E-state index in [4.69, 9.17) is 4.42 Å². The van der Waals surface area contributed by atoms with Crippen molar-refractivity contribution in [2.24, 2.45) is 0 Å². The lowest BCUT2D eigenvalue weighted by Gasteiger charge is -2.00. The van der Waals surface area contributed by atoms with E-state index in [0.29, 0.717) is 5.76 Å². The summed E-state index contributed by atoms with van der Waals surface area (Å²) >= 11 is 0. The molecule has 4 nitrogen and oxygen atoms in total. The van der Waals surface area contributed by atoms with Crippen LogP contribution in [0.2, 0.25) is 0 Å². The van der Waals surface area contributed by atoms with Gasteiger partial charge in [0, 0.05) is 6.07 Å². The van der Waals surface area contributed by atoms with Crippen LogP contribution in [0.1, 0.15) is 23.0 Å². The fourth-order valence-corrected chi connectivity index (χ4v) is 1.67. The zero-order valence-electron chi connectivity index (χ0n) is 10.9. The number of hydrogen-bond donors (Lipinski definition) is 2. The van der Waals surface area contributed by atoms with E-state index in [1.165, 1.54) is 18.2 Å². The van der Waals surface area contributed by atoms with E-state index in [1.807, 2.05) is 13.0 Å². The fourth-order valence-electron chi connectivity index (χ4n) is 1.67. The summed E-state index contributed by atoms with van der Waals surface area (Å²) in [7, 11) is 0. The SMILES string of the molecule is CC(/C=C/C(=O)c1ccc(O)cc1O)=C\c1ccco1. The number of rotatable bonds is 4. The summed E-state index contributed by atoms with van der Waals surface area (Å²) in [5.41, 5.74) is 0.983. The zero-order valence-corrected chi connectivity index (χ0v) is 10.9. The molecule has 0 aliphatic rings. The molecule has 0 fully saturated rings. The number of carbonyl (C=O) groups is 1. The first-order valence-corrected chi connectivity index (χ1v) is 6.02. The van der Waals surface area contributed by atoms with Gasteiger partial charge in [0.2, 0.25) is 0 Å². The first kappa shape index (κ1) is 13.7. The van der Waals surface area contributed by atoms with Crippen LogP contribution in [-0.4, -0.2) is 16.0 Å². The fraction of sp³-hybridized carbons (Fsp3) is 0.0625. The molecule has 2 aromatic rings. The van der Waals surface area contributed by atoms with Gasteiger partial charge in [0.05, 0.1) is 11.8 Å². The van der Waals surface area contributed by atoms with Gasteiger partial charge < -0.3 is 14.6 Å². The van der Waals surface area contributed by atoms with Gasteiger partial charge in [-0.3, -0.25) is 4.79 Å². The van der Waals surface area contributed by atoms with Crippen molar-refractivity contribution in [1.29, 1.82) is 0 Å². The molecular formula is C16H14O4. The van der Waals surface area contributed by atoms with E-state index >= 15 is 0 Å². The number of aromatic hydroxyl groups is 2. The monoisotopic (exact) mass is 270 g/mol. The number of benzene rings is 1. The molecule has 2 rings (SSSR count). The van der Waals surface area contributed by atoms with E-state index < -0.39 is 0 Å². The molecule has 0 amide bonds. The van der Waals surface area contributed by atoms with Gasteiger partial charge in [-0.1, -0.05) is 6.08 Å². The van der Waals surface area contributed by atoms with Crippen LogP contribution in [0.3, 0.4) is 0 Å². The molecule has 0 spiro atoms. The third-order valence-electron chi connectivity index (χ3n) is 2.66. The van der Waals surface area contributed by atoms with Gasteiger partial charge in [0.15, 0.2) is 5.78 Å². The van der Waals surface area contributed by atoms with E-state index in [2.05, 4.69) is 0 Å². The molecule has 0 atom stereocenters. The van der Waals surface area contributed by atoms with Crippen LogP contribution in [0, 0.1) is 0 Å². The molecule has 20 heavy (non-hydrogen) atoms. The Morgan fingerprint density at radius 2 is 2.00 bits per heavy atom. The first-order valence-electron chi connectivity index (χ1n) is 6.02. The molecule has 1 aromatic heterocycles. The van der Waals surface area contributed by atoms with Crippen LogP contribution in [0.15, 0.2) is 58.7 Å². The van der Waals surface area contributed by atoms with Gasteiger partial charge in [-0.15, -0.1) is 0 Å². The predicted octanol–water partition coefficient (Wildman–Crippen LogP) is 3.53. The quantitative estimate of drug-likeness (QED) is 0.506. The Balaban J connectivity index is 2.13. The predicted molar refractivity (Wildman–Crippen MR) is 75.6 cm³/mol. The first-order chi connectivity index (χ1) is 9.56. The summed E-state index contributed by atoms with van der Waals surface area (Å²) in [5, 5.41) is 18.8. The average Bonchev–Trinajstić information content (AvgIpc) is 2.89. The molecule has 1 aromatic carbocycles. The molecule has 0 saturated carbocycles. The van der Waals surface area contributed by atoms with E-state index in [9.17, 15) is 15.0 Å². The van der Waals surface area contributed by atoms with Crippen LogP contribution in [0.5, 0.6) is 11.5 Å².